The fraction of sp³-hybridized carbons (Fsp3) is 0. The molecule has 0 saturated carbocycles. The van der Waals surface area contributed by atoms with E-state index in [4.69, 9.17) is 8.97 Å². The maximum Gasteiger partial charge on any atom is 0.301 e. The zero-order chi connectivity index (χ0) is 14.9. The molecule has 2 rings (SSSR count). The molecule has 0 amide bonds. The van der Waals surface area contributed by atoms with Crippen LogP contribution < -0.4 is 0 Å². The van der Waals surface area contributed by atoms with Crippen LogP contribution in [0, 0.1) is 10.1 Å². The van der Waals surface area contributed by atoms with Crippen LogP contribution in [0.5, 0.6) is 0 Å². The van der Waals surface area contributed by atoms with Crippen LogP contribution in [0.4, 0.5) is 5.69 Å². The van der Waals surface area contributed by atoms with E-state index in [1.54, 1.807) is 0 Å². The van der Waals surface area contributed by atoms with Crippen LogP contribution in [0.1, 0.15) is 10.6 Å². The molecule has 0 saturated heterocycles. The van der Waals surface area contributed by atoms with E-state index < -0.39 is 25.6 Å². The third-order valence-corrected chi connectivity index (χ3v) is 3.36. The Morgan fingerprint density at radius 1 is 1.25 bits per heavy atom. The Hall–Kier alpha value is -2.52. The maximum absolute atomic E-state index is 11.0. The molecule has 0 bridgehead atoms. The summed E-state index contributed by atoms with van der Waals surface area (Å²) >= 11 is 0. The van der Waals surface area contributed by atoms with Crippen LogP contribution in [-0.2, 0) is 10.1 Å². The van der Waals surface area contributed by atoms with E-state index in [1.165, 1.54) is 18.2 Å². The average Bonchev–Trinajstić information content (AvgIpc) is 2.85. The van der Waals surface area contributed by atoms with Crippen molar-refractivity contribution in [3.8, 4) is 11.3 Å². The molecule has 0 aliphatic heterocycles. The Bertz CT molecular complexity index is 791. The highest BCUT2D eigenvalue weighted by atomic mass is 32.2. The normalized spacial score (nSPS) is 11.2. The van der Waals surface area contributed by atoms with Crippen molar-refractivity contribution in [3.63, 3.8) is 0 Å². The summed E-state index contributed by atoms with van der Waals surface area (Å²) < 4.78 is 36.1. The van der Waals surface area contributed by atoms with Crippen LogP contribution in [0.2, 0.25) is 0 Å². The third-order valence-electron chi connectivity index (χ3n) is 2.46. The minimum Gasteiger partial charge on any atom is -0.453 e. The molecule has 20 heavy (non-hydrogen) atoms. The summed E-state index contributed by atoms with van der Waals surface area (Å²) in [6, 6.07) is 5.84. The second-order valence-corrected chi connectivity index (χ2v) is 5.12. The van der Waals surface area contributed by atoms with Gasteiger partial charge in [-0.2, -0.15) is 8.42 Å². The van der Waals surface area contributed by atoms with Crippen molar-refractivity contribution in [1.82, 2.24) is 0 Å². The highest BCUT2D eigenvalue weighted by molar-refractivity contribution is 7.86. The van der Waals surface area contributed by atoms with Crippen LogP contribution in [0.15, 0.2) is 39.6 Å². The Labute approximate surface area is 112 Å². The second kappa shape index (κ2) is 4.87. The molecule has 0 radical (unpaired) electrons. The van der Waals surface area contributed by atoms with Gasteiger partial charge < -0.3 is 4.42 Å². The molecular weight excluding hydrogens is 290 g/mol. The van der Waals surface area contributed by atoms with E-state index in [1.807, 2.05) is 0 Å². The summed E-state index contributed by atoms with van der Waals surface area (Å²) in [5, 5.41) is 10.9. The van der Waals surface area contributed by atoms with Gasteiger partial charge in [0.2, 0.25) is 0 Å². The van der Waals surface area contributed by atoms with Crippen molar-refractivity contribution in [2.75, 3.05) is 0 Å². The molecule has 1 aromatic heterocycles. The van der Waals surface area contributed by atoms with Crippen LogP contribution in [0.25, 0.3) is 11.3 Å². The van der Waals surface area contributed by atoms with Gasteiger partial charge in [0.1, 0.15) is 5.76 Å². The standard InChI is InChI=1S/C11H7NO7S/c13-6-8-2-3-10(19-8)7-1-4-11(20(16,17)18)9(5-7)12(14)15/h1-6H,(H,16,17,18). The van der Waals surface area contributed by atoms with E-state index in [0.29, 0.717) is 6.29 Å². The minimum absolute atomic E-state index is 0.0292. The van der Waals surface area contributed by atoms with Crippen LogP contribution >= 0.6 is 0 Å². The van der Waals surface area contributed by atoms with E-state index in [-0.39, 0.29) is 17.1 Å². The predicted octanol–water partition coefficient (Wildman–Crippen LogP) is 1.91. The highest BCUT2D eigenvalue weighted by Crippen LogP contribution is 2.30. The molecule has 0 atom stereocenters. The van der Waals surface area contributed by atoms with Crippen molar-refractivity contribution in [2.45, 2.75) is 4.90 Å². The zero-order valence-corrected chi connectivity index (χ0v) is 10.5. The summed E-state index contributed by atoms with van der Waals surface area (Å²) in [6.45, 7) is 0. The Morgan fingerprint density at radius 3 is 2.45 bits per heavy atom. The van der Waals surface area contributed by atoms with Crippen LogP contribution in [0.3, 0.4) is 0 Å². The van der Waals surface area contributed by atoms with Crippen molar-refractivity contribution in [2.24, 2.45) is 0 Å². The van der Waals surface area contributed by atoms with Crippen molar-refractivity contribution >= 4 is 22.1 Å². The Balaban J connectivity index is 2.61. The monoisotopic (exact) mass is 297 g/mol. The molecule has 8 nitrogen and oxygen atoms in total. The molecule has 1 aromatic carbocycles. The minimum atomic E-state index is -4.71. The van der Waals surface area contributed by atoms with E-state index in [2.05, 4.69) is 0 Å². The molecule has 104 valence electrons. The fourth-order valence-corrected chi connectivity index (χ4v) is 2.24. The lowest BCUT2D eigenvalue weighted by Crippen LogP contribution is -2.03. The maximum atomic E-state index is 11.0. The highest BCUT2D eigenvalue weighted by Gasteiger charge is 2.25. The summed E-state index contributed by atoms with van der Waals surface area (Å²) in [4.78, 5) is 19.6. The molecule has 2 aromatic rings. The van der Waals surface area contributed by atoms with Gasteiger partial charge in [-0.15, -0.1) is 0 Å². The van der Waals surface area contributed by atoms with E-state index in [0.717, 1.165) is 12.1 Å². The van der Waals surface area contributed by atoms with Gasteiger partial charge in [-0.3, -0.25) is 19.5 Å². The molecule has 0 aliphatic carbocycles. The summed E-state index contributed by atoms with van der Waals surface area (Å²) in [6.07, 6.45) is 0.463. The average molecular weight is 297 g/mol. The van der Waals surface area contributed by atoms with Crippen molar-refractivity contribution < 1.29 is 27.1 Å². The van der Waals surface area contributed by atoms with Gasteiger partial charge in [0.15, 0.2) is 16.9 Å². The number of carbonyl (C=O) groups excluding carboxylic acids is 1. The summed E-state index contributed by atoms with van der Waals surface area (Å²) in [5.74, 6) is 0.193. The molecule has 1 N–H and O–H groups in total. The molecule has 9 heteroatoms. The number of aldehydes is 1. The number of nitro benzene ring substituents is 1. The van der Waals surface area contributed by atoms with Gasteiger partial charge in [-0.1, -0.05) is 0 Å². The van der Waals surface area contributed by atoms with Gasteiger partial charge in [-0.05, 0) is 24.3 Å². The van der Waals surface area contributed by atoms with Crippen LogP contribution in [-0.4, -0.2) is 24.2 Å². The molecule has 0 fully saturated rings. The quantitative estimate of drug-likeness (QED) is 0.395. The molecule has 0 aliphatic rings. The summed E-state index contributed by atoms with van der Waals surface area (Å²) in [7, 11) is -4.71. The van der Waals surface area contributed by atoms with E-state index in [9.17, 15) is 23.3 Å². The lowest BCUT2D eigenvalue weighted by Gasteiger charge is -2.02. The number of nitrogens with zero attached hydrogens (tertiary/aromatic N) is 1. The molecular formula is C11H7NO7S. The fourth-order valence-electron chi connectivity index (χ4n) is 1.60. The zero-order valence-electron chi connectivity index (χ0n) is 9.72. The first-order valence-electron chi connectivity index (χ1n) is 5.14. The number of nitro groups is 1. The molecule has 0 unspecified atom stereocenters. The van der Waals surface area contributed by atoms with E-state index >= 15 is 0 Å². The topological polar surface area (TPSA) is 128 Å². The van der Waals surface area contributed by atoms with Gasteiger partial charge >= 0.3 is 10.1 Å². The SMILES string of the molecule is O=Cc1ccc(-c2ccc(S(=O)(=O)O)c([N+](=O)[O-])c2)o1. The lowest BCUT2D eigenvalue weighted by molar-refractivity contribution is -0.387. The van der Waals surface area contributed by atoms with Crippen molar-refractivity contribution in [1.29, 1.82) is 0 Å². The first-order valence-corrected chi connectivity index (χ1v) is 6.58. The largest absolute Gasteiger partial charge is 0.453 e. The van der Waals surface area contributed by atoms with Gasteiger partial charge in [0, 0.05) is 11.6 Å². The first kappa shape index (κ1) is 13.9. The van der Waals surface area contributed by atoms with Gasteiger partial charge in [0.25, 0.3) is 5.69 Å². The van der Waals surface area contributed by atoms with Gasteiger partial charge in [0.05, 0.1) is 4.92 Å². The third kappa shape index (κ3) is 2.58. The number of hydrogen-bond acceptors (Lipinski definition) is 6. The lowest BCUT2D eigenvalue weighted by atomic mass is 10.1. The smallest absolute Gasteiger partial charge is 0.301 e. The molecule has 1 heterocycles. The predicted molar refractivity (Wildman–Crippen MR) is 66.0 cm³/mol. The number of hydrogen-bond donors (Lipinski definition) is 1. The Kier molecular flexibility index (Phi) is 3.38. The van der Waals surface area contributed by atoms with Gasteiger partial charge in [-0.25, -0.2) is 0 Å². The number of furan rings is 1. The van der Waals surface area contributed by atoms with Crippen molar-refractivity contribution in [3.05, 3.63) is 46.2 Å². The number of benzene rings is 1. The first-order chi connectivity index (χ1) is 9.32. The second-order valence-electron chi connectivity index (χ2n) is 3.73. The number of rotatable bonds is 4. The molecule has 0 spiro atoms. The Morgan fingerprint density at radius 2 is 1.95 bits per heavy atom. The summed E-state index contributed by atoms with van der Waals surface area (Å²) in [5.41, 5.74) is -0.578. The number of carbonyl (C=O) groups is 1.